The van der Waals surface area contributed by atoms with E-state index in [1.54, 1.807) is 6.92 Å². The number of allylic oxidation sites excluding steroid dienone is 1. The maximum Gasteiger partial charge on any atom is 0.187 e. The minimum absolute atomic E-state index is 0.0414. The Morgan fingerprint density at radius 3 is 2.13 bits per heavy atom. The van der Waals surface area contributed by atoms with Crippen molar-refractivity contribution in [2.24, 2.45) is 50.2 Å². The van der Waals surface area contributed by atoms with Gasteiger partial charge in [-0.25, -0.2) is 0 Å². The van der Waals surface area contributed by atoms with E-state index in [1.807, 2.05) is 0 Å². The molecule has 8 rings (SSSR count). The van der Waals surface area contributed by atoms with Crippen LogP contribution in [-0.2, 0) is 23.7 Å². The molecule has 314 valence electrons. The molecule has 3 aliphatic heterocycles. The van der Waals surface area contributed by atoms with E-state index >= 15 is 0 Å². The maximum absolute atomic E-state index is 12.1. The molecule has 13 nitrogen and oxygen atoms in total. The predicted molar refractivity (Wildman–Crippen MR) is 197 cm³/mol. The summed E-state index contributed by atoms with van der Waals surface area (Å²) < 4.78 is 31.2. The van der Waals surface area contributed by atoms with Crippen LogP contribution in [0.3, 0.4) is 0 Å². The summed E-state index contributed by atoms with van der Waals surface area (Å²) in [5.41, 5.74) is -1.90. The highest BCUT2D eigenvalue weighted by atomic mass is 16.7. The van der Waals surface area contributed by atoms with Crippen LogP contribution in [0.2, 0.25) is 0 Å². The topological polar surface area (TPSA) is 208 Å². The Balaban J connectivity index is 1.05. The van der Waals surface area contributed by atoms with Gasteiger partial charge in [-0.2, -0.15) is 0 Å². The van der Waals surface area contributed by atoms with Crippen molar-refractivity contribution in [3.05, 3.63) is 12.2 Å². The first kappa shape index (κ1) is 41.0. The highest BCUT2D eigenvalue weighted by molar-refractivity contribution is 5.36. The predicted octanol–water partition coefficient (Wildman–Crippen LogP) is 1.78. The molecule has 21 atom stereocenters. The number of ether oxygens (including phenoxy) is 5. The molecule has 2 bridgehead atoms. The first-order valence-corrected chi connectivity index (χ1v) is 20.9. The summed E-state index contributed by atoms with van der Waals surface area (Å²) in [6, 6.07) is 0. The van der Waals surface area contributed by atoms with Gasteiger partial charge in [0.15, 0.2) is 12.6 Å². The van der Waals surface area contributed by atoms with E-state index in [0.717, 1.165) is 38.5 Å². The Morgan fingerprint density at radius 1 is 0.727 bits per heavy atom. The molecule has 0 radical (unpaired) electrons. The first-order valence-electron chi connectivity index (χ1n) is 20.9. The van der Waals surface area contributed by atoms with Crippen molar-refractivity contribution >= 4 is 0 Å². The zero-order valence-electron chi connectivity index (χ0n) is 33.7. The molecule has 3 saturated heterocycles. The largest absolute Gasteiger partial charge is 0.396 e. The van der Waals surface area contributed by atoms with Crippen LogP contribution in [0, 0.1) is 50.2 Å². The Bertz CT molecular complexity index is 1490. The van der Waals surface area contributed by atoms with Gasteiger partial charge in [-0.3, -0.25) is 0 Å². The highest BCUT2D eigenvalue weighted by Gasteiger charge is 2.79. The third-order valence-corrected chi connectivity index (χ3v) is 17.9. The fourth-order valence-corrected chi connectivity index (χ4v) is 14.3. The maximum atomic E-state index is 12.1. The van der Waals surface area contributed by atoms with Crippen molar-refractivity contribution in [2.45, 2.75) is 179 Å². The van der Waals surface area contributed by atoms with Crippen LogP contribution in [0.15, 0.2) is 12.2 Å². The molecular formula is C42H68O13. The molecule has 0 amide bonds. The van der Waals surface area contributed by atoms with E-state index in [2.05, 4.69) is 53.7 Å². The van der Waals surface area contributed by atoms with E-state index in [-0.39, 0.29) is 51.4 Å². The molecule has 8 aliphatic rings. The average molecular weight is 781 g/mol. The van der Waals surface area contributed by atoms with Gasteiger partial charge in [0.25, 0.3) is 0 Å². The number of fused-ring (bicyclic) bond motifs is 4. The van der Waals surface area contributed by atoms with Crippen LogP contribution in [0.4, 0.5) is 0 Å². The monoisotopic (exact) mass is 780 g/mol. The van der Waals surface area contributed by atoms with E-state index < -0.39 is 91.2 Å². The van der Waals surface area contributed by atoms with Crippen molar-refractivity contribution in [2.75, 3.05) is 19.8 Å². The molecule has 3 heterocycles. The molecule has 0 aromatic carbocycles. The number of aliphatic hydroxyl groups is 8. The van der Waals surface area contributed by atoms with Gasteiger partial charge in [-0.05, 0) is 86.4 Å². The number of rotatable bonds is 6. The smallest absolute Gasteiger partial charge is 0.187 e. The van der Waals surface area contributed by atoms with E-state index in [9.17, 15) is 40.9 Å². The summed E-state index contributed by atoms with van der Waals surface area (Å²) in [5.74, 6) is 0.449. The lowest BCUT2D eigenvalue weighted by Gasteiger charge is -2.73. The second-order valence-electron chi connectivity index (χ2n) is 21.0. The zero-order valence-corrected chi connectivity index (χ0v) is 33.7. The first-order chi connectivity index (χ1) is 25.7. The summed E-state index contributed by atoms with van der Waals surface area (Å²) in [5, 5.41) is 87.0. The molecule has 7 fully saturated rings. The second kappa shape index (κ2) is 13.4. The van der Waals surface area contributed by atoms with Gasteiger partial charge in [0.05, 0.1) is 43.7 Å². The summed E-state index contributed by atoms with van der Waals surface area (Å²) in [7, 11) is 0. The van der Waals surface area contributed by atoms with Crippen molar-refractivity contribution in [1.29, 1.82) is 0 Å². The minimum atomic E-state index is -1.72. The Kier molecular flexibility index (Phi) is 9.95. The molecule has 13 heteroatoms. The van der Waals surface area contributed by atoms with Gasteiger partial charge < -0.3 is 64.5 Å². The van der Waals surface area contributed by atoms with Gasteiger partial charge in [0.1, 0.15) is 42.7 Å². The fourth-order valence-electron chi connectivity index (χ4n) is 14.3. The molecule has 55 heavy (non-hydrogen) atoms. The van der Waals surface area contributed by atoms with Crippen molar-refractivity contribution in [1.82, 2.24) is 0 Å². The molecular weight excluding hydrogens is 712 g/mol. The van der Waals surface area contributed by atoms with E-state index in [4.69, 9.17) is 23.7 Å². The quantitative estimate of drug-likeness (QED) is 0.143. The Labute approximate surface area is 325 Å². The molecule has 4 saturated carbocycles. The lowest BCUT2D eigenvalue weighted by molar-refractivity contribution is -0.367. The third kappa shape index (κ3) is 5.44. The van der Waals surface area contributed by atoms with Crippen LogP contribution >= 0.6 is 0 Å². The molecule has 5 aliphatic carbocycles. The van der Waals surface area contributed by atoms with Gasteiger partial charge in [0, 0.05) is 22.2 Å². The van der Waals surface area contributed by atoms with Gasteiger partial charge >= 0.3 is 0 Å². The normalized spacial score (nSPS) is 59.7. The van der Waals surface area contributed by atoms with Crippen molar-refractivity contribution < 1.29 is 64.5 Å². The second-order valence-corrected chi connectivity index (χ2v) is 21.0. The SMILES string of the molecule is C[C@@H]1O[C@H](O[C@@H]2CC[C@@]3(C)[C@H](CC[C@]4(C)[C@@H]3C=C[C@]35OC[C@@]6(CCC(C)(C)C[C@@H]63)[C@H](O)C[C@@]54C)[C@@]2(C)CO)[C@H](O)[C@@H](O[C@H]2O[C@@H](CO)[C@H](O)[C@@H](O)[C@@H]2O)[C@@H]1O. The Morgan fingerprint density at radius 2 is 1.44 bits per heavy atom. The number of hydrogen-bond donors (Lipinski definition) is 8. The van der Waals surface area contributed by atoms with Gasteiger partial charge in [0.2, 0.25) is 0 Å². The molecule has 1 spiro atoms. The Hall–Kier alpha value is -0.780. The summed E-state index contributed by atoms with van der Waals surface area (Å²) >= 11 is 0. The summed E-state index contributed by atoms with van der Waals surface area (Å²) in [6.07, 6.45) is -3.39. The minimum Gasteiger partial charge on any atom is -0.396 e. The van der Waals surface area contributed by atoms with Crippen LogP contribution in [0.5, 0.6) is 0 Å². The van der Waals surface area contributed by atoms with E-state index in [1.165, 1.54) is 0 Å². The lowest BCUT2D eigenvalue weighted by atomic mass is 9.32. The molecule has 0 unspecified atom stereocenters. The fraction of sp³-hybridized carbons (Fsp3) is 0.952. The zero-order chi connectivity index (χ0) is 39.9. The van der Waals surface area contributed by atoms with Crippen LogP contribution in [-0.4, -0.2) is 140 Å². The van der Waals surface area contributed by atoms with Crippen LogP contribution in [0.25, 0.3) is 0 Å². The number of aliphatic hydroxyl groups excluding tert-OH is 8. The van der Waals surface area contributed by atoms with Crippen molar-refractivity contribution in [3.8, 4) is 0 Å². The standard InChI is InChI=1S/C42H68O13/c1-21-28(46)33(55-34-31(49)30(48)29(47)22(18-43)53-34)32(50)35(52-21)54-27-10-11-37(4)23(38(27,5)19-44)8-12-39(6)24(37)9-13-42-25-16-36(2,3)14-15-41(25,20-51-42)26(45)17-40(39,42)7/h9,13,21-35,43-50H,8,10-12,14-20H2,1-7H3/t21-,22-,23-,24+,25-,26+,27+,28+,29-,30+,31-,32+,33-,34+,35+,37-,38+,39+,40+,41+,42-/m0/s1. The third-order valence-electron chi connectivity index (χ3n) is 17.9. The average Bonchev–Trinajstić information content (AvgIpc) is 3.41. The summed E-state index contributed by atoms with van der Waals surface area (Å²) in [4.78, 5) is 0. The molecule has 0 aromatic rings. The van der Waals surface area contributed by atoms with Crippen LogP contribution in [0.1, 0.15) is 99.8 Å². The molecule has 0 aromatic heterocycles. The lowest BCUT2D eigenvalue weighted by Crippen LogP contribution is -2.72. The molecule has 8 N–H and O–H groups in total. The summed E-state index contributed by atoms with van der Waals surface area (Å²) in [6.45, 7) is 15.4. The van der Waals surface area contributed by atoms with E-state index in [0.29, 0.717) is 19.4 Å². The van der Waals surface area contributed by atoms with Crippen molar-refractivity contribution in [3.63, 3.8) is 0 Å². The van der Waals surface area contributed by atoms with Gasteiger partial charge in [-0.1, -0.05) is 53.7 Å². The van der Waals surface area contributed by atoms with Crippen LogP contribution < -0.4 is 0 Å². The number of hydrogen-bond acceptors (Lipinski definition) is 13. The highest BCUT2D eigenvalue weighted by Crippen LogP contribution is 2.79. The van der Waals surface area contributed by atoms with Gasteiger partial charge in [-0.15, -0.1) is 0 Å².